The van der Waals surface area contributed by atoms with Crippen LogP contribution >= 0.6 is 23.2 Å². The van der Waals surface area contributed by atoms with E-state index >= 15 is 0 Å². The van der Waals surface area contributed by atoms with Crippen molar-refractivity contribution in [1.29, 1.82) is 0 Å². The lowest BCUT2D eigenvalue weighted by atomic mass is 10.0. The Kier molecular flexibility index (Phi) is 12.0. The smallest absolute Gasteiger partial charge is 0.264 e. The quantitative estimate of drug-likeness (QED) is 0.149. The van der Waals surface area contributed by atoms with Crippen LogP contribution in [-0.2, 0) is 32.6 Å². The van der Waals surface area contributed by atoms with Crippen molar-refractivity contribution in [3.8, 4) is 5.75 Å². The zero-order valence-corrected chi connectivity index (χ0v) is 29.1. The van der Waals surface area contributed by atoms with Crippen molar-refractivity contribution in [2.75, 3.05) is 17.5 Å². The summed E-state index contributed by atoms with van der Waals surface area (Å²) < 4.78 is 35.6. The number of sulfonamides is 1. The van der Waals surface area contributed by atoms with Gasteiger partial charge in [-0.1, -0.05) is 90.6 Å². The molecule has 1 atom stereocenters. The Morgan fingerprint density at radius 2 is 1.52 bits per heavy atom. The molecule has 0 saturated heterocycles. The second-order valence-corrected chi connectivity index (χ2v) is 14.4. The predicted octanol–water partition coefficient (Wildman–Crippen LogP) is 7.29. The summed E-state index contributed by atoms with van der Waals surface area (Å²) in [6, 6.07) is 28.1. The number of carbonyl (C=O) groups is 2. The van der Waals surface area contributed by atoms with E-state index in [1.165, 1.54) is 29.2 Å². The molecule has 1 aliphatic carbocycles. The van der Waals surface area contributed by atoms with Crippen molar-refractivity contribution in [2.24, 2.45) is 0 Å². The van der Waals surface area contributed by atoms with E-state index in [4.69, 9.17) is 27.9 Å². The van der Waals surface area contributed by atoms with Gasteiger partial charge in [0.1, 0.15) is 18.3 Å². The maximum Gasteiger partial charge on any atom is 0.264 e. The number of para-hydroxylation sites is 2. The van der Waals surface area contributed by atoms with Crippen LogP contribution in [0.5, 0.6) is 5.75 Å². The molecular formula is C37H39Cl2N3O5S. The van der Waals surface area contributed by atoms with Gasteiger partial charge in [0.05, 0.1) is 17.2 Å². The highest BCUT2D eigenvalue weighted by Gasteiger charge is 2.36. The Hall–Kier alpha value is -4.05. The molecule has 0 radical (unpaired) electrons. The topological polar surface area (TPSA) is 96.0 Å². The van der Waals surface area contributed by atoms with Gasteiger partial charge in [-0.05, 0) is 79.4 Å². The van der Waals surface area contributed by atoms with Crippen LogP contribution in [0, 0.1) is 0 Å². The molecule has 5 rings (SSSR count). The van der Waals surface area contributed by atoms with Gasteiger partial charge in [-0.15, -0.1) is 0 Å². The average molecular weight is 709 g/mol. The second kappa shape index (κ2) is 16.4. The molecule has 0 bridgehead atoms. The minimum absolute atomic E-state index is 0.0127. The van der Waals surface area contributed by atoms with Crippen LogP contribution in [0.1, 0.15) is 43.7 Å². The fraction of sp³-hybridized carbons (Fsp3) is 0.297. The Bertz CT molecular complexity index is 1800. The van der Waals surface area contributed by atoms with Crippen LogP contribution in [0.2, 0.25) is 10.0 Å². The van der Waals surface area contributed by atoms with E-state index in [1.54, 1.807) is 49.4 Å². The number of halogens is 2. The predicted molar refractivity (Wildman–Crippen MR) is 190 cm³/mol. The third-order valence-electron chi connectivity index (χ3n) is 8.33. The van der Waals surface area contributed by atoms with Crippen LogP contribution in [0.3, 0.4) is 0 Å². The molecule has 1 N–H and O–H groups in total. The van der Waals surface area contributed by atoms with Gasteiger partial charge in [0.25, 0.3) is 10.0 Å². The largest absolute Gasteiger partial charge is 0.492 e. The van der Waals surface area contributed by atoms with E-state index in [0.29, 0.717) is 21.4 Å². The van der Waals surface area contributed by atoms with Crippen molar-refractivity contribution < 1.29 is 22.7 Å². The first kappa shape index (κ1) is 35.3. The highest BCUT2D eigenvalue weighted by molar-refractivity contribution is 7.92. The number of carbonyl (C=O) groups excluding carboxylic acids is 2. The minimum Gasteiger partial charge on any atom is -0.492 e. The van der Waals surface area contributed by atoms with Gasteiger partial charge in [-0.25, -0.2) is 8.42 Å². The van der Waals surface area contributed by atoms with Crippen LogP contribution in [0.25, 0.3) is 0 Å². The Labute approximate surface area is 292 Å². The number of benzene rings is 4. The number of nitrogens with one attached hydrogen (secondary N) is 1. The standard InChI is InChI=1S/C37H39Cl2N3O5S/c1-2-47-35-18-9-8-17-33(35)42(48(45,46)32-21-19-29(38)20-22-32)26-36(43)41(25-28-13-10-14-30(39)23-28)34(24-27-11-4-3-5-12-27)37(44)40-31-15-6-7-16-31/h3-5,8-14,17-23,31,34H,2,6-7,15-16,24-26H2,1H3,(H,40,44). The summed E-state index contributed by atoms with van der Waals surface area (Å²) in [6.45, 7) is 1.50. The van der Waals surface area contributed by atoms with Gasteiger partial charge in [0.15, 0.2) is 0 Å². The molecule has 0 aliphatic heterocycles. The number of rotatable bonds is 14. The maximum absolute atomic E-state index is 14.7. The molecule has 1 aliphatic rings. The van der Waals surface area contributed by atoms with Crippen LogP contribution in [0.4, 0.5) is 5.69 Å². The molecular weight excluding hydrogens is 669 g/mol. The first-order valence-electron chi connectivity index (χ1n) is 16.0. The first-order valence-corrected chi connectivity index (χ1v) is 18.2. The molecule has 8 nitrogen and oxygen atoms in total. The first-order chi connectivity index (χ1) is 23.2. The molecule has 0 aromatic heterocycles. The van der Waals surface area contributed by atoms with E-state index < -0.39 is 28.5 Å². The average Bonchev–Trinajstić information content (AvgIpc) is 3.59. The number of anilines is 1. The SMILES string of the molecule is CCOc1ccccc1N(CC(=O)N(Cc1cccc(Cl)c1)C(Cc1ccccc1)C(=O)NC1CCCC1)S(=O)(=O)c1ccc(Cl)cc1. The van der Waals surface area contributed by atoms with Crippen LogP contribution < -0.4 is 14.4 Å². The Morgan fingerprint density at radius 3 is 2.21 bits per heavy atom. The highest BCUT2D eigenvalue weighted by Crippen LogP contribution is 2.33. The van der Waals surface area contributed by atoms with Crippen molar-refractivity contribution in [3.05, 3.63) is 124 Å². The molecule has 1 unspecified atom stereocenters. The summed E-state index contributed by atoms with van der Waals surface area (Å²) in [5.41, 5.74) is 1.75. The molecule has 1 fully saturated rings. The Balaban J connectivity index is 1.59. The normalized spacial score (nSPS) is 13.9. The summed E-state index contributed by atoms with van der Waals surface area (Å²) in [5, 5.41) is 4.03. The van der Waals surface area contributed by atoms with E-state index in [1.807, 2.05) is 36.4 Å². The summed E-state index contributed by atoms with van der Waals surface area (Å²) in [6.07, 6.45) is 4.01. The van der Waals surface area contributed by atoms with E-state index in [0.717, 1.165) is 35.6 Å². The molecule has 48 heavy (non-hydrogen) atoms. The van der Waals surface area contributed by atoms with Gasteiger partial charge in [-0.3, -0.25) is 13.9 Å². The Morgan fingerprint density at radius 1 is 0.854 bits per heavy atom. The lowest BCUT2D eigenvalue weighted by Crippen LogP contribution is -2.54. The minimum atomic E-state index is -4.32. The van der Waals surface area contributed by atoms with Gasteiger partial charge < -0.3 is 15.0 Å². The molecule has 4 aromatic carbocycles. The van der Waals surface area contributed by atoms with E-state index in [2.05, 4.69) is 5.32 Å². The molecule has 252 valence electrons. The third kappa shape index (κ3) is 8.89. The van der Waals surface area contributed by atoms with Gasteiger partial charge >= 0.3 is 0 Å². The number of hydrogen-bond acceptors (Lipinski definition) is 5. The number of ether oxygens (including phenoxy) is 1. The van der Waals surface area contributed by atoms with Crippen LogP contribution in [0.15, 0.2) is 108 Å². The lowest BCUT2D eigenvalue weighted by Gasteiger charge is -2.34. The van der Waals surface area contributed by atoms with Gasteiger partial charge in [0, 0.05) is 29.1 Å². The number of hydrogen-bond donors (Lipinski definition) is 1. The zero-order chi connectivity index (χ0) is 34.1. The molecule has 4 aromatic rings. The number of amides is 2. The fourth-order valence-electron chi connectivity index (χ4n) is 5.94. The second-order valence-electron chi connectivity index (χ2n) is 11.7. The number of nitrogens with zero attached hydrogens (tertiary/aromatic N) is 2. The van der Waals surface area contributed by atoms with Gasteiger partial charge in [-0.2, -0.15) is 0 Å². The van der Waals surface area contributed by atoms with Crippen molar-refractivity contribution >= 4 is 50.7 Å². The lowest BCUT2D eigenvalue weighted by molar-refractivity contribution is -0.140. The van der Waals surface area contributed by atoms with Gasteiger partial charge in [0.2, 0.25) is 11.8 Å². The fourth-order valence-corrected chi connectivity index (χ4v) is 7.70. The molecule has 0 spiro atoms. The summed E-state index contributed by atoms with van der Waals surface area (Å²) in [7, 11) is -4.32. The molecule has 2 amide bonds. The summed E-state index contributed by atoms with van der Waals surface area (Å²) in [4.78, 5) is 30.3. The summed E-state index contributed by atoms with van der Waals surface area (Å²) >= 11 is 12.4. The van der Waals surface area contributed by atoms with Crippen molar-refractivity contribution in [1.82, 2.24) is 10.2 Å². The van der Waals surface area contributed by atoms with E-state index in [-0.39, 0.29) is 42.1 Å². The monoisotopic (exact) mass is 707 g/mol. The summed E-state index contributed by atoms with van der Waals surface area (Å²) in [5.74, 6) is -0.559. The highest BCUT2D eigenvalue weighted by atomic mass is 35.5. The zero-order valence-electron chi connectivity index (χ0n) is 26.7. The molecule has 0 heterocycles. The maximum atomic E-state index is 14.7. The van der Waals surface area contributed by atoms with E-state index in [9.17, 15) is 18.0 Å². The molecule has 1 saturated carbocycles. The molecule has 11 heteroatoms. The van der Waals surface area contributed by atoms with Crippen LogP contribution in [-0.4, -0.2) is 50.4 Å². The van der Waals surface area contributed by atoms with Crippen molar-refractivity contribution in [3.63, 3.8) is 0 Å². The third-order valence-corrected chi connectivity index (χ3v) is 10.6. The van der Waals surface area contributed by atoms with Crippen molar-refractivity contribution in [2.45, 2.75) is 62.6 Å².